The fraction of sp³-hybridized carbons (Fsp3) is 0.0769. The minimum atomic E-state index is 0.692. The molecule has 0 saturated heterocycles. The Morgan fingerprint density at radius 1 is 1.27 bits per heavy atom. The maximum Gasteiger partial charge on any atom is 0.118 e. The van der Waals surface area contributed by atoms with Gasteiger partial charge in [0.25, 0.3) is 0 Å². The third-order valence-electron chi connectivity index (χ3n) is 2.40. The van der Waals surface area contributed by atoms with Crippen molar-refractivity contribution >= 4 is 32.5 Å². The van der Waals surface area contributed by atoms with Crippen molar-refractivity contribution in [2.45, 2.75) is 0 Å². The van der Waals surface area contributed by atoms with Crippen LogP contribution < -0.4 is 0 Å². The zero-order valence-corrected chi connectivity index (χ0v) is 10.0. The highest BCUT2D eigenvalue weighted by Gasteiger charge is 2.02. The van der Waals surface area contributed by atoms with Crippen molar-refractivity contribution < 1.29 is 4.74 Å². The van der Waals surface area contributed by atoms with Crippen LogP contribution in [0.15, 0.2) is 47.4 Å². The topological polar surface area (TPSA) is 9.23 Å². The van der Waals surface area contributed by atoms with E-state index in [4.69, 9.17) is 4.74 Å². The third kappa shape index (κ3) is 1.90. The molecule has 1 nitrogen and oxygen atoms in total. The molecule has 0 aliphatic rings. The summed E-state index contributed by atoms with van der Waals surface area (Å²) in [7, 11) is 1.63. The fourth-order valence-corrected chi connectivity index (χ4v) is 2.05. The predicted molar refractivity (Wildman–Crippen MR) is 67.7 cm³/mol. The number of halogens is 1. The van der Waals surface area contributed by atoms with Gasteiger partial charge < -0.3 is 4.74 Å². The molecule has 0 bridgehead atoms. The zero-order chi connectivity index (χ0) is 10.8. The van der Waals surface area contributed by atoms with Crippen molar-refractivity contribution in [3.63, 3.8) is 0 Å². The van der Waals surface area contributed by atoms with E-state index < -0.39 is 0 Å². The summed E-state index contributed by atoms with van der Waals surface area (Å²) >= 11 is 3.52. The Labute approximate surface area is 97.5 Å². The molecular weight excluding hydrogens is 252 g/mol. The molecule has 0 fully saturated rings. The summed E-state index contributed by atoms with van der Waals surface area (Å²) in [5, 5.41) is 2.38. The smallest absolute Gasteiger partial charge is 0.118 e. The van der Waals surface area contributed by atoms with Crippen molar-refractivity contribution in [3.8, 4) is 0 Å². The molecular formula is C13H11BrO. The molecule has 2 heteroatoms. The van der Waals surface area contributed by atoms with Crippen LogP contribution >= 0.6 is 15.9 Å². The van der Waals surface area contributed by atoms with Crippen molar-refractivity contribution in [1.29, 1.82) is 0 Å². The molecule has 2 rings (SSSR count). The Kier molecular flexibility index (Phi) is 2.78. The van der Waals surface area contributed by atoms with E-state index in [9.17, 15) is 0 Å². The number of methoxy groups -OCH3 is 1. The monoisotopic (exact) mass is 262 g/mol. The van der Waals surface area contributed by atoms with Gasteiger partial charge in [0.15, 0.2) is 0 Å². The number of benzene rings is 2. The van der Waals surface area contributed by atoms with Crippen LogP contribution in [0.4, 0.5) is 0 Å². The van der Waals surface area contributed by atoms with E-state index in [1.54, 1.807) is 7.11 Å². The molecule has 0 unspecified atom stereocenters. The van der Waals surface area contributed by atoms with Crippen molar-refractivity contribution in [3.05, 3.63) is 53.0 Å². The Morgan fingerprint density at radius 2 is 2.07 bits per heavy atom. The first-order chi connectivity index (χ1) is 7.22. The lowest BCUT2D eigenvalue weighted by Crippen LogP contribution is -1.85. The molecule has 2 aromatic rings. The highest BCUT2D eigenvalue weighted by molar-refractivity contribution is 9.10. The summed E-state index contributed by atoms with van der Waals surface area (Å²) in [4.78, 5) is 0. The van der Waals surface area contributed by atoms with Crippen molar-refractivity contribution in [2.24, 2.45) is 0 Å². The molecule has 0 aromatic heterocycles. The Balaban J connectivity index is 2.62. The summed E-state index contributed by atoms with van der Waals surface area (Å²) < 4.78 is 6.22. The average Bonchev–Trinajstić information content (AvgIpc) is 2.28. The lowest BCUT2D eigenvalue weighted by atomic mass is 10.1. The second-order valence-corrected chi connectivity index (χ2v) is 4.16. The molecule has 0 aliphatic carbocycles. The largest absolute Gasteiger partial charge is 0.497 e. The van der Waals surface area contributed by atoms with Crippen molar-refractivity contribution in [2.75, 3.05) is 7.11 Å². The maximum absolute atomic E-state index is 5.11. The van der Waals surface area contributed by atoms with Crippen LogP contribution in [0.25, 0.3) is 16.5 Å². The molecule has 0 N–H and O–H groups in total. The van der Waals surface area contributed by atoms with E-state index in [0.29, 0.717) is 5.76 Å². The van der Waals surface area contributed by atoms with Gasteiger partial charge in [-0.2, -0.15) is 0 Å². The molecule has 0 spiro atoms. The van der Waals surface area contributed by atoms with Gasteiger partial charge in [-0.05, 0) is 22.9 Å². The van der Waals surface area contributed by atoms with Gasteiger partial charge in [-0.1, -0.05) is 46.8 Å². The van der Waals surface area contributed by atoms with Crippen LogP contribution in [0.5, 0.6) is 0 Å². The van der Waals surface area contributed by atoms with E-state index in [0.717, 1.165) is 10.0 Å². The van der Waals surface area contributed by atoms with Gasteiger partial charge in [-0.3, -0.25) is 0 Å². The van der Waals surface area contributed by atoms with Crippen LogP contribution in [0.1, 0.15) is 5.56 Å². The molecule has 0 saturated carbocycles. The Bertz CT molecular complexity index is 517. The summed E-state index contributed by atoms with van der Waals surface area (Å²) in [5.74, 6) is 0.692. The van der Waals surface area contributed by atoms with Gasteiger partial charge >= 0.3 is 0 Å². The van der Waals surface area contributed by atoms with Crippen LogP contribution in [0.3, 0.4) is 0 Å². The average molecular weight is 263 g/mol. The first-order valence-corrected chi connectivity index (χ1v) is 5.43. The number of ether oxygens (including phenoxy) is 1. The summed E-state index contributed by atoms with van der Waals surface area (Å²) in [6, 6.07) is 12.3. The molecule has 15 heavy (non-hydrogen) atoms. The Hall–Kier alpha value is -1.28. The standard InChI is InChI=1S/C13H11BrO/c1-9(15-2)10-6-7-12-11(8-10)4-3-5-13(12)14/h3-8H,1H2,2H3. The molecule has 0 aliphatic heterocycles. The first-order valence-electron chi connectivity index (χ1n) is 4.64. The van der Waals surface area contributed by atoms with E-state index in [1.165, 1.54) is 10.8 Å². The number of hydrogen-bond donors (Lipinski definition) is 0. The van der Waals surface area contributed by atoms with Gasteiger partial charge in [-0.25, -0.2) is 0 Å². The SMILES string of the molecule is C=C(OC)c1ccc2c(Br)cccc2c1. The molecule has 0 atom stereocenters. The van der Waals surface area contributed by atoms with Gasteiger partial charge in [0.1, 0.15) is 5.76 Å². The van der Waals surface area contributed by atoms with Crippen LogP contribution in [-0.4, -0.2) is 7.11 Å². The van der Waals surface area contributed by atoms with E-state index >= 15 is 0 Å². The lowest BCUT2D eigenvalue weighted by Gasteiger charge is -2.06. The molecule has 76 valence electrons. The zero-order valence-electron chi connectivity index (χ0n) is 8.46. The van der Waals surface area contributed by atoms with E-state index in [-0.39, 0.29) is 0 Å². The van der Waals surface area contributed by atoms with Crippen LogP contribution in [-0.2, 0) is 4.74 Å². The highest BCUT2D eigenvalue weighted by Crippen LogP contribution is 2.26. The molecule has 0 radical (unpaired) electrons. The van der Waals surface area contributed by atoms with Gasteiger partial charge in [0.05, 0.1) is 7.11 Å². The van der Waals surface area contributed by atoms with E-state index in [2.05, 4.69) is 40.7 Å². The second kappa shape index (κ2) is 4.07. The second-order valence-electron chi connectivity index (χ2n) is 3.30. The number of rotatable bonds is 2. The first kappa shape index (κ1) is 10.2. The molecule has 0 heterocycles. The lowest BCUT2D eigenvalue weighted by molar-refractivity contribution is 0.371. The molecule has 2 aromatic carbocycles. The van der Waals surface area contributed by atoms with Gasteiger partial charge in [0, 0.05) is 10.0 Å². The minimum Gasteiger partial charge on any atom is -0.497 e. The normalized spacial score (nSPS) is 10.3. The van der Waals surface area contributed by atoms with Crippen molar-refractivity contribution in [1.82, 2.24) is 0 Å². The number of hydrogen-bond acceptors (Lipinski definition) is 1. The van der Waals surface area contributed by atoms with E-state index in [1.807, 2.05) is 18.2 Å². The highest BCUT2D eigenvalue weighted by atomic mass is 79.9. The minimum absolute atomic E-state index is 0.692. The molecule has 0 amide bonds. The number of fused-ring (bicyclic) bond motifs is 1. The predicted octanol–water partition coefficient (Wildman–Crippen LogP) is 4.22. The fourth-order valence-electron chi connectivity index (χ4n) is 1.54. The summed E-state index contributed by atoms with van der Waals surface area (Å²) in [5.41, 5.74) is 1.02. The maximum atomic E-state index is 5.11. The summed E-state index contributed by atoms with van der Waals surface area (Å²) in [6.07, 6.45) is 0. The summed E-state index contributed by atoms with van der Waals surface area (Å²) in [6.45, 7) is 3.84. The van der Waals surface area contributed by atoms with Gasteiger partial charge in [-0.15, -0.1) is 0 Å². The van der Waals surface area contributed by atoms with Crippen LogP contribution in [0.2, 0.25) is 0 Å². The van der Waals surface area contributed by atoms with Gasteiger partial charge in [0.2, 0.25) is 0 Å². The quantitative estimate of drug-likeness (QED) is 0.737. The third-order valence-corrected chi connectivity index (χ3v) is 3.09. The van der Waals surface area contributed by atoms with Crippen LogP contribution in [0, 0.1) is 0 Å². The Morgan fingerprint density at radius 3 is 2.80 bits per heavy atom.